The zero-order valence-corrected chi connectivity index (χ0v) is 14.1. The van der Waals surface area contributed by atoms with E-state index in [0.717, 1.165) is 11.4 Å². The molecule has 0 amide bonds. The maximum atomic E-state index is 13.2. The van der Waals surface area contributed by atoms with Crippen molar-refractivity contribution in [1.29, 1.82) is 0 Å². The summed E-state index contributed by atoms with van der Waals surface area (Å²) in [6.45, 7) is 3.87. The van der Waals surface area contributed by atoms with Crippen molar-refractivity contribution >= 4 is 17.2 Å². The molecule has 0 heterocycles. The molecule has 0 spiro atoms. The maximum absolute atomic E-state index is 13.2. The van der Waals surface area contributed by atoms with E-state index >= 15 is 0 Å². The molecule has 3 aromatic rings. The molecule has 0 aromatic heterocycles. The van der Waals surface area contributed by atoms with Gasteiger partial charge in [-0.25, -0.2) is 0 Å². The molecule has 0 N–H and O–H groups in total. The Morgan fingerprint density at radius 3 is 1.68 bits per heavy atom. The largest absolute Gasteiger partial charge is 0.330 e. The van der Waals surface area contributed by atoms with Crippen LogP contribution in [0, 0.1) is 0 Å². The Labute approximate surface area is 149 Å². The number of carbonyl (C=O) groups excluding carboxylic acids is 1. The molecule has 0 saturated heterocycles. The first kappa shape index (κ1) is 16.7. The van der Waals surface area contributed by atoms with Crippen LogP contribution in [0.2, 0.25) is 0 Å². The van der Waals surface area contributed by atoms with Gasteiger partial charge in [-0.05, 0) is 30.7 Å². The van der Waals surface area contributed by atoms with E-state index in [1.54, 1.807) is 0 Å². The molecule has 0 bridgehead atoms. The van der Waals surface area contributed by atoms with Gasteiger partial charge >= 0.3 is 0 Å². The number of ketones is 1. The second-order valence-electron chi connectivity index (χ2n) is 5.81. The third-order valence-corrected chi connectivity index (χ3v) is 4.13. The normalized spacial score (nSPS) is 11.5. The molecule has 1 atom stereocenters. The van der Waals surface area contributed by atoms with Gasteiger partial charge in [0.2, 0.25) is 0 Å². The highest BCUT2D eigenvalue weighted by Gasteiger charge is 2.27. The summed E-state index contributed by atoms with van der Waals surface area (Å²) < 4.78 is 0. The lowest BCUT2D eigenvalue weighted by molar-refractivity contribution is 0.0962. The Morgan fingerprint density at radius 2 is 1.24 bits per heavy atom. The Morgan fingerprint density at radius 1 is 0.800 bits per heavy atom. The number of nitrogens with zero attached hydrogens (tertiary/aromatic N) is 1. The van der Waals surface area contributed by atoms with Crippen molar-refractivity contribution < 1.29 is 4.79 Å². The van der Waals surface area contributed by atoms with Gasteiger partial charge in [-0.15, -0.1) is 6.58 Å². The first-order chi connectivity index (χ1) is 12.3. The SMILES string of the molecule is C=CC[C@H](C(=O)c1ccccc1)N(c1ccccc1)c1ccccc1. The van der Waals surface area contributed by atoms with E-state index in [4.69, 9.17) is 0 Å². The minimum atomic E-state index is -0.343. The summed E-state index contributed by atoms with van der Waals surface area (Å²) in [5.41, 5.74) is 2.70. The topological polar surface area (TPSA) is 20.3 Å². The fourth-order valence-corrected chi connectivity index (χ4v) is 2.97. The van der Waals surface area contributed by atoms with E-state index in [1.165, 1.54) is 0 Å². The van der Waals surface area contributed by atoms with E-state index in [1.807, 2.05) is 97.1 Å². The van der Waals surface area contributed by atoms with E-state index in [0.29, 0.717) is 12.0 Å². The smallest absolute Gasteiger partial charge is 0.185 e. The number of para-hydroxylation sites is 2. The summed E-state index contributed by atoms with van der Waals surface area (Å²) in [4.78, 5) is 15.3. The predicted molar refractivity (Wildman–Crippen MR) is 104 cm³/mol. The van der Waals surface area contributed by atoms with Gasteiger partial charge in [0.25, 0.3) is 0 Å². The van der Waals surface area contributed by atoms with Crippen LogP contribution in [0.5, 0.6) is 0 Å². The minimum Gasteiger partial charge on any atom is -0.330 e. The summed E-state index contributed by atoms with van der Waals surface area (Å²) >= 11 is 0. The molecule has 3 aromatic carbocycles. The number of benzene rings is 3. The fourth-order valence-electron chi connectivity index (χ4n) is 2.97. The quantitative estimate of drug-likeness (QED) is 0.413. The number of hydrogen-bond donors (Lipinski definition) is 0. The van der Waals surface area contributed by atoms with Crippen LogP contribution in [0.25, 0.3) is 0 Å². The van der Waals surface area contributed by atoms with Crippen LogP contribution in [0.15, 0.2) is 104 Å². The second-order valence-corrected chi connectivity index (χ2v) is 5.81. The standard InChI is InChI=1S/C23H21NO/c1-2-12-22(23(25)19-13-6-3-7-14-19)24(20-15-8-4-9-16-20)21-17-10-5-11-18-21/h2-11,13-18,22H,1,12H2/t22-/m1/s1. The third kappa shape index (κ3) is 3.86. The number of anilines is 2. The Hall–Kier alpha value is -3.13. The number of Topliss-reactive ketones (excluding diaryl/α,β-unsaturated/α-hetero) is 1. The van der Waals surface area contributed by atoms with Gasteiger partial charge in [0.05, 0.1) is 0 Å². The summed E-state index contributed by atoms with van der Waals surface area (Å²) in [6, 6.07) is 29.1. The molecule has 0 aliphatic heterocycles. The first-order valence-corrected chi connectivity index (χ1v) is 8.41. The number of rotatable bonds is 7. The van der Waals surface area contributed by atoms with Crippen molar-refractivity contribution in [3.8, 4) is 0 Å². The lowest BCUT2D eigenvalue weighted by Gasteiger charge is -2.32. The predicted octanol–water partition coefficient (Wildman–Crippen LogP) is 5.65. The number of carbonyl (C=O) groups is 1. The molecule has 0 aliphatic carbocycles. The zero-order chi connectivity index (χ0) is 17.5. The Kier molecular flexibility index (Phi) is 5.43. The maximum Gasteiger partial charge on any atom is 0.185 e. The number of hydrogen-bond acceptors (Lipinski definition) is 2. The second kappa shape index (κ2) is 8.11. The highest BCUT2D eigenvalue weighted by atomic mass is 16.1. The average molecular weight is 327 g/mol. The molecule has 25 heavy (non-hydrogen) atoms. The highest BCUT2D eigenvalue weighted by Crippen LogP contribution is 2.30. The Balaban J connectivity index is 2.08. The summed E-state index contributed by atoms with van der Waals surface area (Å²) in [6.07, 6.45) is 2.38. The van der Waals surface area contributed by atoms with Crippen LogP contribution in [0.4, 0.5) is 11.4 Å². The van der Waals surface area contributed by atoms with Crippen LogP contribution >= 0.6 is 0 Å². The molecule has 0 aliphatic rings. The molecular formula is C23H21NO. The van der Waals surface area contributed by atoms with Crippen LogP contribution in [-0.4, -0.2) is 11.8 Å². The lowest BCUT2D eigenvalue weighted by Crippen LogP contribution is -2.38. The molecule has 2 heteroatoms. The lowest BCUT2D eigenvalue weighted by atomic mass is 9.98. The highest BCUT2D eigenvalue weighted by molar-refractivity contribution is 6.03. The zero-order valence-electron chi connectivity index (χ0n) is 14.1. The van der Waals surface area contributed by atoms with E-state index < -0.39 is 0 Å². The summed E-state index contributed by atoms with van der Waals surface area (Å²) in [5, 5.41) is 0. The molecule has 0 radical (unpaired) electrons. The molecule has 124 valence electrons. The van der Waals surface area contributed by atoms with Gasteiger partial charge in [0.15, 0.2) is 5.78 Å². The van der Waals surface area contributed by atoms with Gasteiger partial charge < -0.3 is 4.90 Å². The third-order valence-electron chi connectivity index (χ3n) is 4.13. The van der Waals surface area contributed by atoms with Crippen LogP contribution in [0.1, 0.15) is 16.8 Å². The average Bonchev–Trinajstić information content (AvgIpc) is 2.69. The Bertz CT molecular complexity index is 773. The van der Waals surface area contributed by atoms with Gasteiger partial charge in [0, 0.05) is 16.9 Å². The van der Waals surface area contributed by atoms with Crippen molar-refractivity contribution in [2.75, 3.05) is 4.90 Å². The van der Waals surface area contributed by atoms with Gasteiger partial charge in [0.1, 0.15) is 6.04 Å². The summed E-state index contributed by atoms with van der Waals surface area (Å²) in [5.74, 6) is 0.0909. The molecular weight excluding hydrogens is 306 g/mol. The molecule has 0 unspecified atom stereocenters. The van der Waals surface area contributed by atoms with E-state index in [2.05, 4.69) is 11.5 Å². The van der Waals surface area contributed by atoms with Crippen LogP contribution < -0.4 is 4.90 Å². The van der Waals surface area contributed by atoms with Crippen molar-refractivity contribution in [1.82, 2.24) is 0 Å². The molecule has 0 fully saturated rings. The first-order valence-electron chi connectivity index (χ1n) is 8.41. The monoisotopic (exact) mass is 327 g/mol. The van der Waals surface area contributed by atoms with E-state index in [-0.39, 0.29) is 11.8 Å². The van der Waals surface area contributed by atoms with Crippen LogP contribution in [0.3, 0.4) is 0 Å². The van der Waals surface area contributed by atoms with Gasteiger partial charge in [-0.2, -0.15) is 0 Å². The molecule has 0 saturated carbocycles. The fraction of sp³-hybridized carbons (Fsp3) is 0.0870. The molecule has 3 rings (SSSR count). The van der Waals surface area contributed by atoms with Crippen LogP contribution in [-0.2, 0) is 0 Å². The van der Waals surface area contributed by atoms with Crippen molar-refractivity contribution in [3.05, 3.63) is 109 Å². The summed E-state index contributed by atoms with van der Waals surface area (Å²) in [7, 11) is 0. The van der Waals surface area contributed by atoms with Gasteiger partial charge in [-0.3, -0.25) is 4.79 Å². The van der Waals surface area contributed by atoms with Crippen molar-refractivity contribution in [3.63, 3.8) is 0 Å². The van der Waals surface area contributed by atoms with Crippen molar-refractivity contribution in [2.24, 2.45) is 0 Å². The van der Waals surface area contributed by atoms with Crippen molar-refractivity contribution in [2.45, 2.75) is 12.5 Å². The molecule has 2 nitrogen and oxygen atoms in total. The van der Waals surface area contributed by atoms with E-state index in [9.17, 15) is 4.79 Å². The minimum absolute atomic E-state index is 0.0909. The van der Waals surface area contributed by atoms with Gasteiger partial charge in [-0.1, -0.05) is 72.8 Å².